The molecular weight excluding hydrogens is 302 g/mol. The standard InChI is InChI=1S/C20H29NO3/c1-6-17(16(4)23)11-8-7-9-12-18(15(2)3)19(13-10-14-22)20(24)21-5/h6,8-9,11-12,14,19H,7,10,13H2,1-5H3,(H,21,24)/b11-8-,12-9-,17-6+. The summed E-state index contributed by atoms with van der Waals surface area (Å²) in [5.74, 6) is -0.369. The van der Waals surface area contributed by atoms with Crippen LogP contribution in [0.1, 0.15) is 47.0 Å². The van der Waals surface area contributed by atoms with E-state index in [4.69, 9.17) is 0 Å². The van der Waals surface area contributed by atoms with Crippen molar-refractivity contribution in [2.75, 3.05) is 7.05 Å². The van der Waals surface area contributed by atoms with Crippen LogP contribution in [0.4, 0.5) is 0 Å². The van der Waals surface area contributed by atoms with E-state index in [0.29, 0.717) is 24.8 Å². The maximum absolute atomic E-state index is 12.1. The van der Waals surface area contributed by atoms with Gasteiger partial charge in [-0.15, -0.1) is 0 Å². The summed E-state index contributed by atoms with van der Waals surface area (Å²) in [4.78, 5) is 34.1. The van der Waals surface area contributed by atoms with Gasteiger partial charge >= 0.3 is 0 Å². The zero-order chi connectivity index (χ0) is 18.5. The van der Waals surface area contributed by atoms with Crippen LogP contribution in [-0.4, -0.2) is 25.0 Å². The molecule has 4 heteroatoms. The molecule has 0 aromatic carbocycles. The van der Waals surface area contributed by atoms with Crippen LogP contribution in [0.2, 0.25) is 0 Å². The van der Waals surface area contributed by atoms with Crippen molar-refractivity contribution in [3.05, 3.63) is 47.1 Å². The van der Waals surface area contributed by atoms with Gasteiger partial charge in [-0.05, 0) is 46.1 Å². The summed E-state index contributed by atoms with van der Waals surface area (Å²) >= 11 is 0. The second kappa shape index (κ2) is 12.2. The van der Waals surface area contributed by atoms with Gasteiger partial charge in [-0.2, -0.15) is 0 Å². The van der Waals surface area contributed by atoms with Crippen molar-refractivity contribution in [1.29, 1.82) is 0 Å². The molecule has 1 atom stereocenters. The van der Waals surface area contributed by atoms with Gasteiger partial charge in [0.15, 0.2) is 5.78 Å². The van der Waals surface area contributed by atoms with Gasteiger partial charge in [-0.1, -0.05) is 36.0 Å². The third-order valence-electron chi connectivity index (χ3n) is 3.67. The molecule has 0 heterocycles. The number of ketones is 1. The summed E-state index contributed by atoms with van der Waals surface area (Å²) in [5.41, 5.74) is 2.66. The minimum Gasteiger partial charge on any atom is -0.359 e. The Labute approximate surface area is 145 Å². The van der Waals surface area contributed by atoms with Crippen LogP contribution >= 0.6 is 0 Å². The average molecular weight is 331 g/mol. The molecule has 0 aromatic heterocycles. The number of amides is 1. The topological polar surface area (TPSA) is 63.2 Å². The number of hydrogen-bond donors (Lipinski definition) is 1. The van der Waals surface area contributed by atoms with Gasteiger partial charge in [0.1, 0.15) is 6.29 Å². The van der Waals surface area contributed by atoms with Crippen molar-refractivity contribution in [1.82, 2.24) is 5.32 Å². The SMILES string of the molecule is C/C=C(\C=C/C/C=C\C(=C(C)C)C(CCC=O)C(=O)NC)C(C)=O. The van der Waals surface area contributed by atoms with Crippen LogP contribution in [0, 0.1) is 5.92 Å². The molecule has 1 unspecified atom stereocenters. The highest BCUT2D eigenvalue weighted by atomic mass is 16.2. The fourth-order valence-corrected chi connectivity index (χ4v) is 2.35. The van der Waals surface area contributed by atoms with Crippen molar-refractivity contribution < 1.29 is 14.4 Å². The molecule has 0 aromatic rings. The lowest BCUT2D eigenvalue weighted by molar-refractivity contribution is -0.123. The van der Waals surface area contributed by atoms with E-state index in [1.807, 2.05) is 39.0 Å². The molecule has 0 radical (unpaired) electrons. The van der Waals surface area contributed by atoms with Crippen LogP contribution in [0.25, 0.3) is 0 Å². The third kappa shape index (κ3) is 7.86. The Morgan fingerprint density at radius 3 is 2.17 bits per heavy atom. The summed E-state index contributed by atoms with van der Waals surface area (Å²) < 4.78 is 0. The predicted molar refractivity (Wildman–Crippen MR) is 98.6 cm³/mol. The van der Waals surface area contributed by atoms with Crippen molar-refractivity contribution in [2.24, 2.45) is 5.92 Å². The Hall–Kier alpha value is -2.23. The minimum absolute atomic E-state index is 0.0382. The number of aldehydes is 1. The predicted octanol–water partition coefficient (Wildman–Crippen LogP) is 3.70. The van der Waals surface area contributed by atoms with E-state index in [9.17, 15) is 14.4 Å². The molecule has 24 heavy (non-hydrogen) atoms. The number of rotatable bonds is 10. The molecule has 0 saturated heterocycles. The van der Waals surface area contributed by atoms with E-state index >= 15 is 0 Å². The van der Waals surface area contributed by atoms with Gasteiger partial charge in [0, 0.05) is 19.0 Å². The molecular formula is C20H29NO3. The second-order valence-corrected chi connectivity index (χ2v) is 5.71. The minimum atomic E-state index is -0.325. The molecule has 0 rings (SSSR count). The molecule has 0 fully saturated rings. The Morgan fingerprint density at radius 1 is 1.08 bits per heavy atom. The van der Waals surface area contributed by atoms with E-state index in [2.05, 4.69) is 5.32 Å². The smallest absolute Gasteiger partial charge is 0.227 e. The van der Waals surface area contributed by atoms with Crippen molar-refractivity contribution in [3.63, 3.8) is 0 Å². The van der Waals surface area contributed by atoms with E-state index in [0.717, 1.165) is 17.4 Å². The van der Waals surface area contributed by atoms with Gasteiger partial charge < -0.3 is 10.1 Å². The van der Waals surface area contributed by atoms with Crippen molar-refractivity contribution >= 4 is 18.0 Å². The largest absolute Gasteiger partial charge is 0.359 e. The quantitative estimate of drug-likeness (QED) is 0.377. The normalized spacial score (nSPS) is 13.1. The second-order valence-electron chi connectivity index (χ2n) is 5.71. The molecule has 132 valence electrons. The van der Waals surface area contributed by atoms with Crippen LogP contribution in [-0.2, 0) is 14.4 Å². The lowest BCUT2D eigenvalue weighted by atomic mass is 9.89. The molecule has 0 aliphatic carbocycles. The summed E-state index contributed by atoms with van der Waals surface area (Å²) in [6.07, 6.45) is 11.7. The first-order chi connectivity index (χ1) is 11.4. The highest BCUT2D eigenvalue weighted by Crippen LogP contribution is 2.22. The lowest BCUT2D eigenvalue weighted by Gasteiger charge is -2.17. The van der Waals surface area contributed by atoms with Gasteiger partial charge in [-0.25, -0.2) is 0 Å². The van der Waals surface area contributed by atoms with Gasteiger partial charge in [0.2, 0.25) is 5.91 Å². The Kier molecular flexibility index (Phi) is 11.1. The van der Waals surface area contributed by atoms with E-state index in [1.54, 1.807) is 19.2 Å². The van der Waals surface area contributed by atoms with E-state index in [-0.39, 0.29) is 17.6 Å². The van der Waals surface area contributed by atoms with E-state index < -0.39 is 0 Å². The number of allylic oxidation sites excluding steroid dienone is 7. The van der Waals surface area contributed by atoms with Crippen LogP contribution in [0.15, 0.2) is 47.1 Å². The van der Waals surface area contributed by atoms with Gasteiger partial charge in [-0.3, -0.25) is 9.59 Å². The first-order valence-corrected chi connectivity index (χ1v) is 8.21. The molecule has 0 saturated carbocycles. The molecule has 0 spiro atoms. The zero-order valence-corrected chi connectivity index (χ0v) is 15.4. The molecule has 0 aliphatic rings. The zero-order valence-electron chi connectivity index (χ0n) is 15.4. The van der Waals surface area contributed by atoms with Gasteiger partial charge in [0.25, 0.3) is 0 Å². The Balaban J connectivity index is 5.10. The molecule has 1 amide bonds. The maximum Gasteiger partial charge on any atom is 0.227 e. The number of carbonyl (C=O) groups is 3. The lowest BCUT2D eigenvalue weighted by Crippen LogP contribution is -2.29. The van der Waals surface area contributed by atoms with E-state index in [1.165, 1.54) is 6.92 Å². The molecule has 1 N–H and O–H groups in total. The molecule has 0 aliphatic heterocycles. The number of hydrogen-bond acceptors (Lipinski definition) is 3. The number of Topliss-reactive ketones (excluding diaryl/α,β-unsaturated/α-hetero) is 1. The van der Waals surface area contributed by atoms with Crippen molar-refractivity contribution in [2.45, 2.75) is 47.0 Å². The Morgan fingerprint density at radius 2 is 1.71 bits per heavy atom. The summed E-state index contributed by atoms with van der Waals surface area (Å²) in [6, 6.07) is 0. The van der Waals surface area contributed by atoms with Crippen molar-refractivity contribution in [3.8, 4) is 0 Å². The van der Waals surface area contributed by atoms with Crippen LogP contribution < -0.4 is 5.32 Å². The fraction of sp³-hybridized carbons (Fsp3) is 0.450. The Bertz CT molecular complexity index is 561. The maximum atomic E-state index is 12.1. The molecule has 4 nitrogen and oxygen atoms in total. The third-order valence-corrected chi connectivity index (χ3v) is 3.67. The number of carbonyl (C=O) groups excluding carboxylic acids is 3. The number of nitrogens with one attached hydrogen (secondary N) is 1. The summed E-state index contributed by atoms with van der Waals surface area (Å²) in [7, 11) is 1.60. The highest BCUT2D eigenvalue weighted by Gasteiger charge is 2.20. The first kappa shape index (κ1) is 21.8. The van der Waals surface area contributed by atoms with Crippen LogP contribution in [0.5, 0.6) is 0 Å². The van der Waals surface area contributed by atoms with Gasteiger partial charge in [0.05, 0.1) is 5.92 Å². The average Bonchev–Trinajstić information content (AvgIpc) is 2.55. The monoisotopic (exact) mass is 331 g/mol. The first-order valence-electron chi connectivity index (χ1n) is 8.21. The summed E-state index contributed by atoms with van der Waals surface area (Å²) in [6.45, 7) is 7.29. The molecule has 0 bridgehead atoms. The fourth-order valence-electron chi connectivity index (χ4n) is 2.35. The van der Waals surface area contributed by atoms with Crippen LogP contribution in [0.3, 0.4) is 0 Å². The highest BCUT2D eigenvalue weighted by molar-refractivity contribution is 5.95. The summed E-state index contributed by atoms with van der Waals surface area (Å²) in [5, 5.41) is 2.66.